The number of carbonyl (C=O) groups excluding carboxylic acids is 1. The van der Waals surface area contributed by atoms with Gasteiger partial charge in [0.25, 0.3) is 5.91 Å². The number of aromatic nitrogens is 4. The van der Waals surface area contributed by atoms with E-state index in [9.17, 15) is 4.79 Å². The third-order valence-corrected chi connectivity index (χ3v) is 5.16. The number of hydrogen-bond donors (Lipinski definition) is 2. The predicted octanol–water partition coefficient (Wildman–Crippen LogP) is 0.770. The van der Waals surface area contributed by atoms with Gasteiger partial charge in [-0.3, -0.25) is 9.69 Å². The third-order valence-electron chi connectivity index (χ3n) is 5.16. The quantitative estimate of drug-likeness (QED) is 0.833. The van der Waals surface area contributed by atoms with Crippen LogP contribution in [0, 0.1) is 6.92 Å². The van der Waals surface area contributed by atoms with Crippen molar-refractivity contribution in [3.63, 3.8) is 0 Å². The lowest BCUT2D eigenvalue weighted by Gasteiger charge is -2.35. The molecule has 0 unspecified atom stereocenters. The zero-order valence-electron chi connectivity index (χ0n) is 14.3. The molecule has 1 aromatic carbocycles. The summed E-state index contributed by atoms with van der Waals surface area (Å²) in [6.45, 7) is 6.09. The van der Waals surface area contributed by atoms with E-state index in [1.165, 1.54) is 0 Å². The normalized spacial score (nSPS) is 19.6. The number of aryl methyl sites for hydroxylation is 1. The molecule has 2 aliphatic rings. The fraction of sp³-hybridized carbons (Fsp3) is 0.529. The zero-order chi connectivity index (χ0) is 17.3. The maximum absolute atomic E-state index is 12.6. The van der Waals surface area contributed by atoms with Gasteiger partial charge in [-0.05, 0) is 42.7 Å². The molecular formula is C17H22N6O2. The number of nitrogens with zero attached hydrogens (tertiary/aromatic N) is 4. The van der Waals surface area contributed by atoms with Gasteiger partial charge >= 0.3 is 0 Å². The molecule has 2 fully saturated rings. The Hall–Kier alpha value is -2.32. The van der Waals surface area contributed by atoms with E-state index in [1.807, 2.05) is 25.1 Å². The van der Waals surface area contributed by atoms with Crippen LogP contribution in [0.1, 0.15) is 28.8 Å². The molecule has 0 atom stereocenters. The van der Waals surface area contributed by atoms with Crippen LogP contribution in [0.15, 0.2) is 18.2 Å². The molecule has 132 valence electrons. The number of rotatable bonds is 5. The minimum absolute atomic E-state index is 0.0308. The summed E-state index contributed by atoms with van der Waals surface area (Å²) in [5, 5.41) is 17.1. The fourth-order valence-corrected chi connectivity index (χ4v) is 3.47. The highest BCUT2D eigenvalue weighted by Crippen LogP contribution is 2.41. The van der Waals surface area contributed by atoms with Gasteiger partial charge in [0, 0.05) is 36.3 Å². The summed E-state index contributed by atoms with van der Waals surface area (Å²) in [6, 6.07) is 5.58. The molecule has 0 spiro atoms. The highest BCUT2D eigenvalue weighted by Gasteiger charge is 2.48. The summed E-state index contributed by atoms with van der Waals surface area (Å²) in [5.74, 6) is 0.496. The Kier molecular flexibility index (Phi) is 4.22. The first-order chi connectivity index (χ1) is 12.2. The summed E-state index contributed by atoms with van der Waals surface area (Å²) < 4.78 is 5.43. The maximum Gasteiger partial charge on any atom is 0.251 e. The summed E-state index contributed by atoms with van der Waals surface area (Å²) in [6.07, 6.45) is 2.28. The number of morpholine rings is 1. The van der Waals surface area contributed by atoms with E-state index in [4.69, 9.17) is 4.74 Å². The lowest BCUT2D eigenvalue weighted by atomic mass is 10.0. The van der Waals surface area contributed by atoms with E-state index in [0.29, 0.717) is 17.9 Å². The molecule has 1 aromatic heterocycles. The number of H-pyrrole nitrogens is 1. The van der Waals surface area contributed by atoms with E-state index < -0.39 is 0 Å². The van der Waals surface area contributed by atoms with Crippen molar-refractivity contribution in [3.05, 3.63) is 29.3 Å². The molecule has 1 aliphatic heterocycles. The van der Waals surface area contributed by atoms with Crippen LogP contribution < -0.4 is 5.32 Å². The number of nitrogens with one attached hydrogen (secondary N) is 2. The van der Waals surface area contributed by atoms with Gasteiger partial charge in [0.05, 0.1) is 13.2 Å². The van der Waals surface area contributed by atoms with Crippen LogP contribution in [0.25, 0.3) is 11.4 Å². The van der Waals surface area contributed by atoms with Crippen molar-refractivity contribution in [2.24, 2.45) is 0 Å². The van der Waals surface area contributed by atoms with Crippen molar-refractivity contribution in [2.45, 2.75) is 25.3 Å². The Morgan fingerprint density at radius 1 is 1.36 bits per heavy atom. The van der Waals surface area contributed by atoms with Crippen LogP contribution in [-0.4, -0.2) is 69.8 Å². The third kappa shape index (κ3) is 3.27. The lowest BCUT2D eigenvalue weighted by molar-refractivity contribution is 0.00976. The first-order valence-electron chi connectivity index (χ1n) is 8.63. The molecule has 2 heterocycles. The number of benzene rings is 1. The van der Waals surface area contributed by atoms with Crippen LogP contribution in [0.4, 0.5) is 0 Å². The number of ether oxygens (including phenoxy) is 1. The standard InChI is InChI=1S/C17H22N6O2/c1-12-10-13(15-19-21-22-20-15)2-3-14(12)16(24)18-11-17(4-5-17)23-6-8-25-9-7-23/h2-3,10H,4-9,11H2,1H3,(H,18,24)(H,19,20,21,22). The summed E-state index contributed by atoms with van der Waals surface area (Å²) in [4.78, 5) is 15.1. The number of carbonyl (C=O) groups is 1. The lowest BCUT2D eigenvalue weighted by Crippen LogP contribution is -2.50. The average Bonchev–Trinajstić information content (AvgIpc) is 3.24. The minimum atomic E-state index is -0.0308. The topological polar surface area (TPSA) is 96.0 Å². The number of tetrazole rings is 1. The van der Waals surface area contributed by atoms with Crippen LogP contribution >= 0.6 is 0 Å². The molecular weight excluding hydrogens is 320 g/mol. The Balaban J connectivity index is 1.41. The largest absolute Gasteiger partial charge is 0.379 e. The Bertz CT molecular complexity index is 751. The molecule has 1 aliphatic carbocycles. The summed E-state index contributed by atoms with van der Waals surface area (Å²) in [5.41, 5.74) is 2.56. The van der Waals surface area contributed by atoms with E-state index in [2.05, 4.69) is 30.8 Å². The molecule has 2 aromatic rings. The van der Waals surface area contributed by atoms with Gasteiger partial charge in [-0.15, -0.1) is 10.2 Å². The van der Waals surface area contributed by atoms with Gasteiger partial charge in [0.15, 0.2) is 0 Å². The second-order valence-electron chi connectivity index (χ2n) is 6.77. The van der Waals surface area contributed by atoms with E-state index in [0.717, 1.165) is 50.3 Å². The van der Waals surface area contributed by atoms with E-state index >= 15 is 0 Å². The van der Waals surface area contributed by atoms with Crippen molar-refractivity contribution < 1.29 is 9.53 Å². The molecule has 2 N–H and O–H groups in total. The van der Waals surface area contributed by atoms with Gasteiger partial charge in [-0.25, -0.2) is 0 Å². The SMILES string of the molecule is Cc1cc(-c2nn[nH]n2)ccc1C(=O)NCC1(N2CCOCC2)CC1. The van der Waals surface area contributed by atoms with Crippen LogP contribution in [0.2, 0.25) is 0 Å². The van der Waals surface area contributed by atoms with Gasteiger partial charge in [0.2, 0.25) is 5.82 Å². The second kappa shape index (κ2) is 6.53. The van der Waals surface area contributed by atoms with Crippen molar-refractivity contribution >= 4 is 5.91 Å². The second-order valence-corrected chi connectivity index (χ2v) is 6.77. The Labute approximate surface area is 145 Å². The summed E-state index contributed by atoms with van der Waals surface area (Å²) >= 11 is 0. The average molecular weight is 342 g/mol. The van der Waals surface area contributed by atoms with Gasteiger partial charge in [0.1, 0.15) is 0 Å². The Morgan fingerprint density at radius 2 is 2.16 bits per heavy atom. The maximum atomic E-state index is 12.6. The Morgan fingerprint density at radius 3 is 2.80 bits per heavy atom. The predicted molar refractivity (Wildman–Crippen MR) is 91.0 cm³/mol. The molecule has 0 radical (unpaired) electrons. The smallest absolute Gasteiger partial charge is 0.251 e. The molecule has 0 bridgehead atoms. The van der Waals surface area contributed by atoms with Crippen LogP contribution in [-0.2, 0) is 4.74 Å². The number of aromatic amines is 1. The van der Waals surface area contributed by atoms with Gasteiger partial charge in [-0.2, -0.15) is 5.21 Å². The van der Waals surface area contributed by atoms with Gasteiger partial charge in [-0.1, -0.05) is 6.07 Å². The van der Waals surface area contributed by atoms with Crippen LogP contribution in [0.5, 0.6) is 0 Å². The van der Waals surface area contributed by atoms with E-state index in [-0.39, 0.29) is 11.4 Å². The molecule has 1 saturated carbocycles. The molecule has 1 saturated heterocycles. The summed E-state index contributed by atoms with van der Waals surface area (Å²) in [7, 11) is 0. The molecule has 4 rings (SSSR count). The van der Waals surface area contributed by atoms with Crippen molar-refractivity contribution in [1.82, 2.24) is 30.8 Å². The van der Waals surface area contributed by atoms with Crippen LogP contribution in [0.3, 0.4) is 0 Å². The van der Waals surface area contributed by atoms with Gasteiger partial charge < -0.3 is 10.1 Å². The molecule has 8 nitrogen and oxygen atoms in total. The molecule has 1 amide bonds. The monoisotopic (exact) mass is 342 g/mol. The highest BCUT2D eigenvalue weighted by atomic mass is 16.5. The zero-order valence-corrected chi connectivity index (χ0v) is 14.3. The molecule has 25 heavy (non-hydrogen) atoms. The molecule has 8 heteroatoms. The van der Waals surface area contributed by atoms with E-state index in [1.54, 1.807) is 0 Å². The highest BCUT2D eigenvalue weighted by molar-refractivity contribution is 5.96. The fourth-order valence-electron chi connectivity index (χ4n) is 3.47. The van der Waals surface area contributed by atoms with Crippen molar-refractivity contribution in [3.8, 4) is 11.4 Å². The number of hydrogen-bond acceptors (Lipinski definition) is 6. The van der Waals surface area contributed by atoms with Crippen molar-refractivity contribution in [2.75, 3.05) is 32.8 Å². The number of amides is 1. The first kappa shape index (κ1) is 16.2. The van der Waals surface area contributed by atoms with Crippen molar-refractivity contribution in [1.29, 1.82) is 0 Å². The first-order valence-corrected chi connectivity index (χ1v) is 8.63. The minimum Gasteiger partial charge on any atom is -0.379 e.